The van der Waals surface area contributed by atoms with Gasteiger partial charge in [0.25, 0.3) is 0 Å². The highest BCUT2D eigenvalue weighted by Crippen LogP contribution is 2.33. The monoisotopic (exact) mass is 306 g/mol. The SMILES string of the molecule is COCCc1ccc(Oc2c(Cl)cccc2C(=O)O)cc1. The van der Waals surface area contributed by atoms with Crippen LogP contribution in [0.4, 0.5) is 0 Å². The molecule has 0 bridgehead atoms. The number of ether oxygens (including phenoxy) is 2. The van der Waals surface area contributed by atoms with Crippen molar-refractivity contribution in [2.45, 2.75) is 6.42 Å². The highest BCUT2D eigenvalue weighted by molar-refractivity contribution is 6.32. The van der Waals surface area contributed by atoms with Gasteiger partial charge < -0.3 is 14.6 Å². The maximum atomic E-state index is 11.2. The van der Waals surface area contributed by atoms with Gasteiger partial charge in [-0.2, -0.15) is 0 Å². The lowest BCUT2D eigenvalue weighted by Crippen LogP contribution is -2.00. The van der Waals surface area contributed by atoms with Crippen molar-refractivity contribution in [3.05, 3.63) is 58.6 Å². The molecule has 2 rings (SSSR count). The van der Waals surface area contributed by atoms with Gasteiger partial charge in [-0.3, -0.25) is 0 Å². The Kier molecular flexibility index (Phi) is 5.20. The summed E-state index contributed by atoms with van der Waals surface area (Å²) < 4.78 is 10.6. The molecule has 1 N–H and O–H groups in total. The van der Waals surface area contributed by atoms with Crippen molar-refractivity contribution in [1.82, 2.24) is 0 Å². The fourth-order valence-corrected chi connectivity index (χ4v) is 2.06. The Morgan fingerprint density at radius 3 is 2.52 bits per heavy atom. The lowest BCUT2D eigenvalue weighted by atomic mass is 10.1. The van der Waals surface area contributed by atoms with Crippen LogP contribution in [-0.2, 0) is 11.2 Å². The van der Waals surface area contributed by atoms with Gasteiger partial charge in [0.1, 0.15) is 11.3 Å². The maximum absolute atomic E-state index is 11.2. The normalized spacial score (nSPS) is 10.4. The summed E-state index contributed by atoms with van der Waals surface area (Å²) in [5, 5.41) is 9.42. The predicted octanol–water partition coefficient (Wildman–Crippen LogP) is 4.02. The molecule has 2 aromatic carbocycles. The van der Waals surface area contributed by atoms with E-state index in [2.05, 4.69) is 0 Å². The predicted molar refractivity (Wildman–Crippen MR) is 80.5 cm³/mol. The van der Waals surface area contributed by atoms with Gasteiger partial charge in [-0.25, -0.2) is 4.79 Å². The first-order valence-electron chi connectivity index (χ1n) is 6.39. The Morgan fingerprint density at radius 2 is 1.90 bits per heavy atom. The van der Waals surface area contributed by atoms with E-state index >= 15 is 0 Å². The Bertz CT molecular complexity index is 623. The summed E-state index contributed by atoms with van der Waals surface area (Å²) in [7, 11) is 1.66. The molecule has 0 spiro atoms. The maximum Gasteiger partial charge on any atom is 0.339 e. The second-order valence-electron chi connectivity index (χ2n) is 4.41. The van der Waals surface area contributed by atoms with E-state index in [-0.39, 0.29) is 16.3 Å². The van der Waals surface area contributed by atoms with E-state index in [1.807, 2.05) is 12.1 Å². The number of carboxylic acids is 1. The molecule has 0 atom stereocenters. The molecule has 0 fully saturated rings. The fraction of sp³-hybridized carbons (Fsp3) is 0.188. The average Bonchev–Trinajstić information content (AvgIpc) is 2.48. The first-order chi connectivity index (χ1) is 10.1. The number of halogens is 1. The van der Waals surface area contributed by atoms with Crippen LogP contribution in [-0.4, -0.2) is 24.8 Å². The van der Waals surface area contributed by atoms with Crippen LogP contribution in [0.2, 0.25) is 5.02 Å². The van der Waals surface area contributed by atoms with Crippen LogP contribution >= 0.6 is 11.6 Å². The average molecular weight is 307 g/mol. The quantitative estimate of drug-likeness (QED) is 0.875. The van der Waals surface area contributed by atoms with Crippen LogP contribution in [0.25, 0.3) is 0 Å². The zero-order valence-electron chi connectivity index (χ0n) is 11.5. The van der Waals surface area contributed by atoms with Crippen LogP contribution in [0.1, 0.15) is 15.9 Å². The number of benzene rings is 2. The summed E-state index contributed by atoms with van der Waals surface area (Å²) in [6.07, 6.45) is 0.809. The molecule has 2 aromatic rings. The van der Waals surface area contributed by atoms with Crippen LogP contribution in [0, 0.1) is 0 Å². The first-order valence-corrected chi connectivity index (χ1v) is 6.77. The third-order valence-corrected chi connectivity index (χ3v) is 3.23. The highest BCUT2D eigenvalue weighted by atomic mass is 35.5. The van der Waals surface area contributed by atoms with E-state index in [9.17, 15) is 4.79 Å². The number of aromatic carboxylic acids is 1. The third kappa shape index (κ3) is 3.97. The Hall–Kier alpha value is -2.04. The molecule has 0 aliphatic rings. The minimum atomic E-state index is -1.08. The van der Waals surface area contributed by atoms with E-state index in [4.69, 9.17) is 26.2 Å². The molecule has 0 heterocycles. The second kappa shape index (κ2) is 7.11. The number of carbonyl (C=O) groups is 1. The van der Waals surface area contributed by atoms with Gasteiger partial charge in [0.15, 0.2) is 5.75 Å². The van der Waals surface area contributed by atoms with Gasteiger partial charge in [0.05, 0.1) is 11.6 Å². The van der Waals surface area contributed by atoms with Crippen LogP contribution in [0.5, 0.6) is 11.5 Å². The lowest BCUT2D eigenvalue weighted by molar-refractivity contribution is 0.0694. The van der Waals surface area contributed by atoms with Crippen molar-refractivity contribution >= 4 is 17.6 Å². The Morgan fingerprint density at radius 1 is 1.19 bits per heavy atom. The smallest absolute Gasteiger partial charge is 0.339 e. The molecular formula is C16H15ClO4. The molecule has 0 amide bonds. The van der Waals surface area contributed by atoms with Gasteiger partial charge in [-0.05, 0) is 36.2 Å². The number of hydrogen-bond acceptors (Lipinski definition) is 3. The van der Waals surface area contributed by atoms with Crippen molar-refractivity contribution in [2.75, 3.05) is 13.7 Å². The van der Waals surface area contributed by atoms with Crippen LogP contribution < -0.4 is 4.74 Å². The third-order valence-electron chi connectivity index (χ3n) is 2.94. The van der Waals surface area contributed by atoms with Gasteiger partial charge >= 0.3 is 5.97 Å². The molecular weight excluding hydrogens is 292 g/mol. The van der Waals surface area contributed by atoms with Gasteiger partial charge in [-0.15, -0.1) is 0 Å². The molecule has 0 aliphatic heterocycles. The molecule has 110 valence electrons. The van der Waals surface area contributed by atoms with Gasteiger partial charge in [-0.1, -0.05) is 29.8 Å². The largest absolute Gasteiger partial charge is 0.478 e. The summed E-state index contributed by atoms with van der Waals surface area (Å²) >= 11 is 6.02. The summed E-state index contributed by atoms with van der Waals surface area (Å²) in [6.45, 7) is 0.647. The molecule has 21 heavy (non-hydrogen) atoms. The molecule has 4 nitrogen and oxygen atoms in total. The second-order valence-corrected chi connectivity index (χ2v) is 4.82. The van der Waals surface area contributed by atoms with Crippen molar-refractivity contribution in [2.24, 2.45) is 0 Å². The minimum absolute atomic E-state index is 0.0333. The number of hydrogen-bond donors (Lipinski definition) is 1. The number of para-hydroxylation sites is 1. The van der Waals surface area contributed by atoms with Crippen LogP contribution in [0.3, 0.4) is 0 Å². The summed E-state index contributed by atoms with van der Waals surface area (Å²) in [6, 6.07) is 12.0. The molecule has 5 heteroatoms. The molecule has 0 aliphatic carbocycles. The number of methoxy groups -OCH3 is 1. The Balaban J connectivity index is 2.20. The van der Waals surface area contributed by atoms with Crippen molar-refractivity contribution in [1.29, 1.82) is 0 Å². The Labute approximate surface area is 127 Å². The van der Waals surface area contributed by atoms with Gasteiger partial charge in [0, 0.05) is 7.11 Å². The van der Waals surface area contributed by atoms with E-state index in [1.54, 1.807) is 31.4 Å². The zero-order valence-corrected chi connectivity index (χ0v) is 12.3. The lowest BCUT2D eigenvalue weighted by Gasteiger charge is -2.11. The minimum Gasteiger partial charge on any atom is -0.478 e. The highest BCUT2D eigenvalue weighted by Gasteiger charge is 2.15. The molecule has 0 unspecified atom stereocenters. The number of carboxylic acid groups (broad SMARTS) is 1. The van der Waals surface area contributed by atoms with E-state index in [1.165, 1.54) is 6.07 Å². The van der Waals surface area contributed by atoms with E-state index in [0.717, 1.165) is 12.0 Å². The fourth-order valence-electron chi connectivity index (χ4n) is 1.84. The van der Waals surface area contributed by atoms with Crippen molar-refractivity contribution < 1.29 is 19.4 Å². The zero-order chi connectivity index (χ0) is 15.2. The van der Waals surface area contributed by atoms with Crippen molar-refractivity contribution in [3.8, 4) is 11.5 Å². The number of rotatable bonds is 6. The van der Waals surface area contributed by atoms with E-state index in [0.29, 0.717) is 12.4 Å². The topological polar surface area (TPSA) is 55.8 Å². The molecule has 0 aromatic heterocycles. The van der Waals surface area contributed by atoms with Crippen LogP contribution in [0.15, 0.2) is 42.5 Å². The first kappa shape index (κ1) is 15.4. The van der Waals surface area contributed by atoms with E-state index < -0.39 is 5.97 Å². The standard InChI is InChI=1S/C16H15ClO4/c1-20-10-9-11-5-7-12(8-6-11)21-15-13(16(18)19)3-2-4-14(15)17/h2-8H,9-10H2,1H3,(H,18,19). The van der Waals surface area contributed by atoms with Gasteiger partial charge in [0.2, 0.25) is 0 Å². The summed E-state index contributed by atoms with van der Waals surface area (Å²) in [5.74, 6) is -0.396. The molecule has 0 radical (unpaired) electrons. The summed E-state index contributed by atoms with van der Waals surface area (Å²) in [5.41, 5.74) is 1.15. The molecule has 0 saturated carbocycles. The van der Waals surface area contributed by atoms with Crippen molar-refractivity contribution in [3.63, 3.8) is 0 Å². The summed E-state index contributed by atoms with van der Waals surface area (Å²) in [4.78, 5) is 11.2. The molecule has 0 saturated heterocycles.